The Morgan fingerprint density at radius 1 is 1.09 bits per heavy atom. The number of aromatic nitrogens is 4. The van der Waals surface area contributed by atoms with Crippen LogP contribution in [-0.2, 0) is 0 Å². The number of hydrogen-bond donors (Lipinski definition) is 2. The molecule has 0 atom stereocenters. The van der Waals surface area contributed by atoms with Gasteiger partial charge in [-0.15, -0.1) is 0 Å². The van der Waals surface area contributed by atoms with Gasteiger partial charge in [0.1, 0.15) is 5.82 Å². The smallest absolute Gasteiger partial charge is 0.162 e. The van der Waals surface area contributed by atoms with Crippen molar-refractivity contribution in [2.45, 2.75) is 31.4 Å². The number of pyridine rings is 2. The topological polar surface area (TPSA) is 83.8 Å². The van der Waals surface area contributed by atoms with Crippen molar-refractivity contribution in [2.75, 3.05) is 5.32 Å². The summed E-state index contributed by atoms with van der Waals surface area (Å²) in [6, 6.07) is 5.68. The lowest BCUT2D eigenvalue weighted by Gasteiger charge is -2.43. The minimum Gasteiger partial charge on any atom is -0.393 e. The Kier molecular flexibility index (Phi) is 3.20. The summed E-state index contributed by atoms with van der Waals surface area (Å²) in [5.41, 5.74) is 1.56. The standard InChI is InChI=1S/C17H17N5O/c1-17(8-12(23)9-17)22-16-13-4-7-19-10-14(13)20-15(21-16)11-2-5-18-6-3-11/h2-7,10,12,23H,8-9H2,1H3,(H,20,21,22)/t12-,17+. The Balaban J connectivity index is 1.81. The summed E-state index contributed by atoms with van der Waals surface area (Å²) in [7, 11) is 0. The van der Waals surface area contributed by atoms with Crippen molar-refractivity contribution >= 4 is 16.7 Å². The summed E-state index contributed by atoms with van der Waals surface area (Å²) in [4.78, 5) is 17.5. The zero-order valence-corrected chi connectivity index (χ0v) is 12.8. The van der Waals surface area contributed by atoms with E-state index in [2.05, 4.69) is 27.2 Å². The summed E-state index contributed by atoms with van der Waals surface area (Å²) >= 11 is 0. The van der Waals surface area contributed by atoms with Crippen LogP contribution in [0.5, 0.6) is 0 Å². The highest BCUT2D eigenvalue weighted by atomic mass is 16.3. The minimum absolute atomic E-state index is 0.139. The van der Waals surface area contributed by atoms with Gasteiger partial charge in [0, 0.05) is 35.1 Å². The van der Waals surface area contributed by atoms with Gasteiger partial charge in [0.15, 0.2) is 5.82 Å². The molecule has 0 saturated heterocycles. The molecule has 0 bridgehead atoms. The SMILES string of the molecule is C[C@]1(Nc2nc(-c3ccncc3)nc3cnccc23)C[C@@H](O)C1. The molecule has 0 aliphatic heterocycles. The van der Waals surface area contributed by atoms with E-state index in [1.54, 1.807) is 24.8 Å². The Morgan fingerprint density at radius 2 is 1.83 bits per heavy atom. The zero-order valence-electron chi connectivity index (χ0n) is 12.8. The van der Waals surface area contributed by atoms with Gasteiger partial charge < -0.3 is 10.4 Å². The van der Waals surface area contributed by atoms with E-state index in [0.29, 0.717) is 18.7 Å². The third-order valence-corrected chi connectivity index (χ3v) is 4.23. The van der Waals surface area contributed by atoms with Crippen LogP contribution in [0.1, 0.15) is 19.8 Å². The van der Waals surface area contributed by atoms with Crippen LogP contribution in [-0.4, -0.2) is 36.7 Å². The average Bonchev–Trinajstić information content (AvgIpc) is 2.54. The second kappa shape index (κ2) is 5.24. The van der Waals surface area contributed by atoms with Crippen molar-refractivity contribution in [3.05, 3.63) is 43.0 Å². The second-order valence-electron chi connectivity index (χ2n) is 6.27. The van der Waals surface area contributed by atoms with E-state index in [0.717, 1.165) is 22.3 Å². The maximum atomic E-state index is 9.62. The number of rotatable bonds is 3. The highest BCUT2D eigenvalue weighted by Crippen LogP contribution is 2.36. The third kappa shape index (κ3) is 2.61. The fraction of sp³-hybridized carbons (Fsp3) is 0.294. The summed E-state index contributed by atoms with van der Waals surface area (Å²) in [5.74, 6) is 1.41. The molecule has 0 amide bonds. The van der Waals surface area contributed by atoms with E-state index in [-0.39, 0.29) is 11.6 Å². The van der Waals surface area contributed by atoms with Crippen molar-refractivity contribution in [1.82, 2.24) is 19.9 Å². The Labute approximate surface area is 133 Å². The third-order valence-electron chi connectivity index (χ3n) is 4.23. The molecule has 0 aromatic carbocycles. The first kappa shape index (κ1) is 14.0. The van der Waals surface area contributed by atoms with E-state index in [1.807, 2.05) is 18.2 Å². The molecule has 3 aromatic heterocycles. The molecule has 3 aromatic rings. The fourth-order valence-electron chi connectivity index (χ4n) is 3.07. The monoisotopic (exact) mass is 307 g/mol. The van der Waals surface area contributed by atoms with Gasteiger partial charge in [-0.2, -0.15) is 0 Å². The molecule has 1 saturated carbocycles. The van der Waals surface area contributed by atoms with Gasteiger partial charge >= 0.3 is 0 Å². The molecule has 2 N–H and O–H groups in total. The molecule has 4 rings (SSSR count). The molecule has 116 valence electrons. The molecule has 3 heterocycles. The van der Waals surface area contributed by atoms with E-state index >= 15 is 0 Å². The van der Waals surface area contributed by atoms with Crippen molar-refractivity contribution < 1.29 is 5.11 Å². The molecule has 0 spiro atoms. The molecule has 0 radical (unpaired) electrons. The predicted molar refractivity (Wildman–Crippen MR) is 87.8 cm³/mol. The number of anilines is 1. The number of nitrogens with zero attached hydrogens (tertiary/aromatic N) is 4. The molecule has 1 fully saturated rings. The van der Waals surface area contributed by atoms with Gasteiger partial charge in [0.05, 0.1) is 17.8 Å². The first-order chi connectivity index (χ1) is 11.1. The predicted octanol–water partition coefficient (Wildman–Crippen LogP) is 2.41. The Bertz CT molecular complexity index is 846. The summed E-state index contributed by atoms with van der Waals surface area (Å²) < 4.78 is 0. The molecular formula is C17H17N5O. The van der Waals surface area contributed by atoms with Gasteiger partial charge in [-0.3, -0.25) is 9.97 Å². The Hall–Kier alpha value is -2.60. The Morgan fingerprint density at radius 3 is 2.57 bits per heavy atom. The lowest BCUT2D eigenvalue weighted by Crippen LogP contribution is -2.50. The minimum atomic E-state index is -0.234. The molecule has 0 unspecified atom stereocenters. The highest BCUT2D eigenvalue weighted by Gasteiger charge is 2.39. The van der Waals surface area contributed by atoms with Gasteiger partial charge in [0.25, 0.3) is 0 Å². The average molecular weight is 307 g/mol. The summed E-state index contributed by atoms with van der Waals surface area (Å²) in [6.45, 7) is 2.10. The van der Waals surface area contributed by atoms with E-state index in [1.165, 1.54) is 0 Å². The van der Waals surface area contributed by atoms with E-state index in [9.17, 15) is 5.11 Å². The van der Waals surface area contributed by atoms with Crippen molar-refractivity contribution in [2.24, 2.45) is 0 Å². The quantitative estimate of drug-likeness (QED) is 0.773. The molecular weight excluding hydrogens is 290 g/mol. The summed E-state index contributed by atoms with van der Waals surface area (Å²) in [6.07, 6.45) is 8.13. The number of nitrogens with one attached hydrogen (secondary N) is 1. The molecule has 1 aliphatic rings. The maximum Gasteiger partial charge on any atom is 0.162 e. The first-order valence-electron chi connectivity index (χ1n) is 7.61. The zero-order chi connectivity index (χ0) is 15.9. The van der Waals surface area contributed by atoms with Crippen LogP contribution >= 0.6 is 0 Å². The lowest BCUT2D eigenvalue weighted by molar-refractivity contribution is 0.0422. The van der Waals surface area contributed by atoms with Crippen LogP contribution in [0.15, 0.2) is 43.0 Å². The molecule has 1 aliphatic carbocycles. The normalized spacial score (nSPS) is 23.5. The second-order valence-corrected chi connectivity index (χ2v) is 6.27. The number of aliphatic hydroxyl groups is 1. The fourth-order valence-corrected chi connectivity index (χ4v) is 3.07. The highest BCUT2D eigenvalue weighted by molar-refractivity contribution is 5.90. The number of fused-ring (bicyclic) bond motifs is 1. The van der Waals surface area contributed by atoms with Crippen LogP contribution in [0.25, 0.3) is 22.3 Å². The maximum absolute atomic E-state index is 9.62. The van der Waals surface area contributed by atoms with Crippen molar-refractivity contribution in [3.8, 4) is 11.4 Å². The number of aliphatic hydroxyl groups excluding tert-OH is 1. The molecule has 6 nitrogen and oxygen atoms in total. The van der Waals surface area contributed by atoms with Crippen LogP contribution < -0.4 is 5.32 Å². The van der Waals surface area contributed by atoms with Crippen molar-refractivity contribution in [3.63, 3.8) is 0 Å². The lowest BCUT2D eigenvalue weighted by atomic mass is 9.76. The largest absolute Gasteiger partial charge is 0.393 e. The summed E-state index contributed by atoms with van der Waals surface area (Å²) in [5, 5.41) is 14.0. The van der Waals surface area contributed by atoms with Gasteiger partial charge in [0.2, 0.25) is 0 Å². The van der Waals surface area contributed by atoms with Crippen LogP contribution in [0, 0.1) is 0 Å². The van der Waals surface area contributed by atoms with Gasteiger partial charge in [-0.1, -0.05) is 0 Å². The first-order valence-corrected chi connectivity index (χ1v) is 7.61. The van der Waals surface area contributed by atoms with Crippen LogP contribution in [0.3, 0.4) is 0 Å². The van der Waals surface area contributed by atoms with Crippen LogP contribution in [0.2, 0.25) is 0 Å². The van der Waals surface area contributed by atoms with Gasteiger partial charge in [-0.05, 0) is 38.0 Å². The van der Waals surface area contributed by atoms with E-state index < -0.39 is 0 Å². The van der Waals surface area contributed by atoms with Gasteiger partial charge in [-0.25, -0.2) is 9.97 Å². The molecule has 23 heavy (non-hydrogen) atoms. The van der Waals surface area contributed by atoms with Crippen LogP contribution in [0.4, 0.5) is 5.82 Å². The molecule has 6 heteroatoms. The number of hydrogen-bond acceptors (Lipinski definition) is 6. The van der Waals surface area contributed by atoms with E-state index in [4.69, 9.17) is 4.98 Å². The van der Waals surface area contributed by atoms with Crippen molar-refractivity contribution in [1.29, 1.82) is 0 Å².